The highest BCUT2D eigenvalue weighted by molar-refractivity contribution is 5.05. The summed E-state index contributed by atoms with van der Waals surface area (Å²) < 4.78 is 0. The standard InChI is InChI=1S/C17H30/c1-15-9-6-11-17(3,13-15)16(2)10-5-4-7-14(15)8-12-16/h14H,4-13H2,1-3H3. The Morgan fingerprint density at radius 3 is 2.29 bits per heavy atom. The van der Waals surface area contributed by atoms with Gasteiger partial charge in [-0.3, -0.25) is 0 Å². The van der Waals surface area contributed by atoms with Crippen molar-refractivity contribution in [1.82, 2.24) is 0 Å². The summed E-state index contributed by atoms with van der Waals surface area (Å²) in [4.78, 5) is 0. The van der Waals surface area contributed by atoms with Crippen LogP contribution in [0.15, 0.2) is 0 Å². The summed E-state index contributed by atoms with van der Waals surface area (Å²) in [5.74, 6) is 1.05. The largest absolute Gasteiger partial charge is 0.0594 e. The SMILES string of the molecule is CC12CCCC(C)(C1)C1(C)CCCCC2CC1. The van der Waals surface area contributed by atoms with Gasteiger partial charge in [0.25, 0.3) is 0 Å². The minimum Gasteiger partial charge on any atom is -0.0594 e. The lowest BCUT2D eigenvalue weighted by Gasteiger charge is -2.52. The van der Waals surface area contributed by atoms with E-state index in [0.717, 1.165) is 5.92 Å². The third-order valence-electron chi connectivity index (χ3n) is 7.29. The van der Waals surface area contributed by atoms with Gasteiger partial charge in [0.05, 0.1) is 0 Å². The Labute approximate surface area is 108 Å². The summed E-state index contributed by atoms with van der Waals surface area (Å²) in [6.07, 6.45) is 15.1. The molecule has 98 valence electrons. The van der Waals surface area contributed by atoms with Crippen LogP contribution >= 0.6 is 0 Å². The summed E-state index contributed by atoms with van der Waals surface area (Å²) in [7, 11) is 0. The molecule has 0 radical (unpaired) electrons. The van der Waals surface area contributed by atoms with Gasteiger partial charge in [0.15, 0.2) is 0 Å². The topological polar surface area (TPSA) is 0 Å². The van der Waals surface area contributed by atoms with Crippen molar-refractivity contribution in [1.29, 1.82) is 0 Å². The molecule has 0 N–H and O–H groups in total. The quantitative estimate of drug-likeness (QED) is 0.514. The van der Waals surface area contributed by atoms with Gasteiger partial charge in [-0.2, -0.15) is 0 Å². The second kappa shape index (κ2) is 3.75. The zero-order chi connectivity index (χ0) is 12.1. The predicted molar refractivity (Wildman–Crippen MR) is 74.0 cm³/mol. The van der Waals surface area contributed by atoms with E-state index >= 15 is 0 Å². The maximum atomic E-state index is 2.64. The van der Waals surface area contributed by atoms with E-state index in [2.05, 4.69) is 20.8 Å². The maximum absolute atomic E-state index is 2.64. The van der Waals surface area contributed by atoms with Gasteiger partial charge in [-0.1, -0.05) is 40.0 Å². The fourth-order valence-corrected chi connectivity index (χ4v) is 5.78. The molecule has 0 nitrogen and oxygen atoms in total. The molecule has 0 aromatic heterocycles. The second-order valence-electron chi connectivity index (χ2n) is 8.29. The van der Waals surface area contributed by atoms with E-state index in [1.807, 2.05) is 0 Å². The van der Waals surface area contributed by atoms with Crippen molar-refractivity contribution in [2.45, 2.75) is 85.0 Å². The van der Waals surface area contributed by atoms with Crippen molar-refractivity contribution in [3.63, 3.8) is 0 Å². The minimum atomic E-state index is 0.652. The van der Waals surface area contributed by atoms with Gasteiger partial charge in [-0.05, 0) is 67.1 Å². The zero-order valence-corrected chi connectivity index (χ0v) is 12.1. The molecule has 0 aromatic rings. The third kappa shape index (κ3) is 1.70. The van der Waals surface area contributed by atoms with Crippen LogP contribution in [0.4, 0.5) is 0 Å². The van der Waals surface area contributed by atoms with Crippen molar-refractivity contribution in [2.75, 3.05) is 0 Å². The molecule has 0 aliphatic heterocycles. The van der Waals surface area contributed by atoms with E-state index in [-0.39, 0.29) is 0 Å². The molecular formula is C17H30. The van der Waals surface area contributed by atoms with E-state index in [9.17, 15) is 0 Å². The molecule has 0 heteroatoms. The highest BCUT2D eigenvalue weighted by Crippen LogP contribution is 2.65. The molecule has 0 spiro atoms. The molecule has 3 aliphatic rings. The predicted octanol–water partition coefficient (Wildman–Crippen LogP) is 5.56. The summed E-state index contributed by atoms with van der Waals surface area (Å²) in [5.41, 5.74) is 2.00. The molecule has 0 saturated heterocycles. The van der Waals surface area contributed by atoms with Crippen molar-refractivity contribution < 1.29 is 0 Å². The number of rotatable bonds is 0. The second-order valence-corrected chi connectivity index (χ2v) is 8.29. The minimum absolute atomic E-state index is 0.652. The Kier molecular flexibility index (Phi) is 2.66. The first-order valence-electron chi connectivity index (χ1n) is 7.98. The molecule has 0 heterocycles. The molecule has 3 rings (SSSR count). The lowest BCUT2D eigenvalue weighted by atomic mass is 9.53. The lowest BCUT2D eigenvalue weighted by Crippen LogP contribution is -2.42. The Morgan fingerprint density at radius 1 is 0.706 bits per heavy atom. The molecule has 0 aromatic carbocycles. The average molecular weight is 234 g/mol. The molecular weight excluding hydrogens is 204 g/mol. The average Bonchev–Trinajstić information content (AvgIpc) is 2.25. The monoisotopic (exact) mass is 234 g/mol. The Hall–Kier alpha value is 0. The molecule has 3 saturated carbocycles. The fraction of sp³-hybridized carbons (Fsp3) is 1.00. The van der Waals surface area contributed by atoms with Crippen LogP contribution in [0.1, 0.15) is 85.0 Å². The van der Waals surface area contributed by atoms with Gasteiger partial charge >= 0.3 is 0 Å². The number of hydrogen-bond donors (Lipinski definition) is 0. The van der Waals surface area contributed by atoms with E-state index in [1.54, 1.807) is 0 Å². The van der Waals surface area contributed by atoms with Crippen LogP contribution in [0, 0.1) is 22.2 Å². The van der Waals surface area contributed by atoms with Crippen molar-refractivity contribution in [3.8, 4) is 0 Å². The molecule has 0 amide bonds. The molecule has 3 aliphatic carbocycles. The van der Waals surface area contributed by atoms with Gasteiger partial charge in [0.2, 0.25) is 0 Å². The van der Waals surface area contributed by atoms with Crippen LogP contribution in [0.2, 0.25) is 0 Å². The van der Waals surface area contributed by atoms with Gasteiger partial charge in [-0.15, -0.1) is 0 Å². The Morgan fingerprint density at radius 2 is 1.47 bits per heavy atom. The molecule has 4 unspecified atom stereocenters. The fourth-order valence-electron chi connectivity index (χ4n) is 5.78. The van der Waals surface area contributed by atoms with Crippen molar-refractivity contribution in [3.05, 3.63) is 0 Å². The highest BCUT2D eigenvalue weighted by atomic mass is 14.6. The van der Waals surface area contributed by atoms with E-state index in [4.69, 9.17) is 0 Å². The summed E-state index contributed by atoms with van der Waals surface area (Å²) in [6, 6.07) is 0. The van der Waals surface area contributed by atoms with Crippen molar-refractivity contribution in [2.24, 2.45) is 22.2 Å². The third-order valence-corrected chi connectivity index (χ3v) is 7.29. The lowest BCUT2D eigenvalue weighted by molar-refractivity contribution is -0.0217. The zero-order valence-electron chi connectivity index (χ0n) is 12.1. The van der Waals surface area contributed by atoms with Crippen LogP contribution in [0.25, 0.3) is 0 Å². The number of fused-ring (bicyclic) bond motifs is 7. The summed E-state index contributed by atoms with van der Waals surface area (Å²) in [6.45, 7) is 7.90. The van der Waals surface area contributed by atoms with Gasteiger partial charge in [0.1, 0.15) is 0 Å². The summed E-state index contributed by atoms with van der Waals surface area (Å²) >= 11 is 0. The van der Waals surface area contributed by atoms with E-state index < -0.39 is 0 Å². The van der Waals surface area contributed by atoms with Crippen LogP contribution in [-0.2, 0) is 0 Å². The van der Waals surface area contributed by atoms with Gasteiger partial charge in [-0.25, -0.2) is 0 Å². The van der Waals surface area contributed by atoms with Crippen LogP contribution in [-0.4, -0.2) is 0 Å². The number of hydrogen-bond acceptors (Lipinski definition) is 0. The summed E-state index contributed by atoms with van der Waals surface area (Å²) in [5, 5.41) is 0. The molecule has 3 fully saturated rings. The van der Waals surface area contributed by atoms with Crippen LogP contribution in [0.3, 0.4) is 0 Å². The first-order valence-corrected chi connectivity index (χ1v) is 7.98. The maximum Gasteiger partial charge on any atom is -0.0267 e. The Balaban J connectivity index is 2.04. The highest BCUT2D eigenvalue weighted by Gasteiger charge is 2.54. The van der Waals surface area contributed by atoms with E-state index in [1.165, 1.54) is 64.2 Å². The van der Waals surface area contributed by atoms with Gasteiger partial charge in [0, 0.05) is 0 Å². The Bertz CT molecular complexity index is 307. The van der Waals surface area contributed by atoms with Crippen LogP contribution < -0.4 is 0 Å². The molecule has 4 bridgehead atoms. The first-order chi connectivity index (χ1) is 7.98. The van der Waals surface area contributed by atoms with Gasteiger partial charge < -0.3 is 0 Å². The first kappa shape index (κ1) is 12.1. The van der Waals surface area contributed by atoms with Crippen molar-refractivity contribution >= 4 is 0 Å². The van der Waals surface area contributed by atoms with Crippen LogP contribution in [0.5, 0.6) is 0 Å². The smallest absolute Gasteiger partial charge is 0.0267 e. The molecule has 17 heavy (non-hydrogen) atoms. The molecule has 4 atom stereocenters. The normalized spacial score (nSPS) is 54.9. The van der Waals surface area contributed by atoms with E-state index in [0.29, 0.717) is 16.2 Å².